The third-order valence-electron chi connectivity index (χ3n) is 4.75. The molecule has 0 fully saturated rings. The highest BCUT2D eigenvalue weighted by atomic mass is 35.5. The summed E-state index contributed by atoms with van der Waals surface area (Å²) in [7, 11) is 0. The maximum Gasteiger partial charge on any atom is 0.352 e. The molecule has 0 saturated heterocycles. The second-order valence-electron chi connectivity index (χ2n) is 7.67. The zero-order valence-electron chi connectivity index (χ0n) is 18.2. The van der Waals surface area contributed by atoms with Gasteiger partial charge in [-0.1, -0.05) is 37.0 Å². The van der Waals surface area contributed by atoms with Gasteiger partial charge in [0.2, 0.25) is 5.89 Å². The van der Waals surface area contributed by atoms with Crippen molar-refractivity contribution in [2.45, 2.75) is 46.5 Å². The predicted octanol–water partition coefficient (Wildman–Crippen LogP) is 6.75. The Kier molecular flexibility index (Phi) is 7.59. The van der Waals surface area contributed by atoms with Gasteiger partial charge in [-0.2, -0.15) is 0 Å². The van der Waals surface area contributed by atoms with Gasteiger partial charge in [0, 0.05) is 36.3 Å². The van der Waals surface area contributed by atoms with Gasteiger partial charge in [-0.05, 0) is 48.9 Å². The number of ketones is 1. The van der Waals surface area contributed by atoms with Gasteiger partial charge in [-0.3, -0.25) is 14.6 Å². The minimum Gasteiger partial charge on any atom is -0.441 e. The highest BCUT2D eigenvalue weighted by molar-refractivity contribution is 6.36. The number of nitrogens with zero attached hydrogens (tertiary/aromatic N) is 1. The maximum atomic E-state index is 12.8. The molecule has 3 aromatic rings. The molecule has 32 heavy (non-hydrogen) atoms. The number of oxazole rings is 1. The molecule has 0 spiro atoms. The van der Waals surface area contributed by atoms with E-state index < -0.39 is 5.97 Å². The summed E-state index contributed by atoms with van der Waals surface area (Å²) in [5.41, 5.74) is 2.59. The lowest BCUT2D eigenvalue weighted by molar-refractivity contribution is -0.211. The van der Waals surface area contributed by atoms with Crippen LogP contribution in [0.25, 0.3) is 11.5 Å². The van der Waals surface area contributed by atoms with Crippen molar-refractivity contribution in [3.63, 3.8) is 0 Å². The molecule has 168 valence electrons. The fourth-order valence-electron chi connectivity index (χ4n) is 3.17. The zero-order chi connectivity index (χ0) is 23.4. The Bertz CT molecular complexity index is 1150. The van der Waals surface area contributed by atoms with E-state index in [-0.39, 0.29) is 18.1 Å². The molecule has 0 N–H and O–H groups in total. The SMILES string of the molecule is CC(=O)OOc1ccc(C(=O)CCc2nc(-c3ccc(Cl)cc3Cl)oc2C(C)C)cc1C. The largest absolute Gasteiger partial charge is 0.441 e. The van der Waals surface area contributed by atoms with Crippen molar-refractivity contribution in [1.29, 1.82) is 0 Å². The Labute approximate surface area is 196 Å². The van der Waals surface area contributed by atoms with Gasteiger partial charge in [-0.25, -0.2) is 9.78 Å². The van der Waals surface area contributed by atoms with Gasteiger partial charge in [0.1, 0.15) is 5.76 Å². The fraction of sp³-hybridized carbons (Fsp3) is 0.292. The van der Waals surface area contributed by atoms with Crippen LogP contribution in [0, 0.1) is 6.92 Å². The van der Waals surface area contributed by atoms with Crippen molar-refractivity contribution in [1.82, 2.24) is 4.98 Å². The first-order valence-electron chi connectivity index (χ1n) is 10.1. The molecule has 8 heteroatoms. The summed E-state index contributed by atoms with van der Waals surface area (Å²) in [5.74, 6) is 0.987. The third kappa shape index (κ3) is 5.69. The summed E-state index contributed by atoms with van der Waals surface area (Å²) in [6, 6.07) is 10.1. The molecule has 0 atom stereocenters. The summed E-state index contributed by atoms with van der Waals surface area (Å²) in [5, 5.41) is 0.975. The molecule has 0 amide bonds. The van der Waals surface area contributed by atoms with E-state index in [1.54, 1.807) is 43.3 Å². The summed E-state index contributed by atoms with van der Waals surface area (Å²) in [6.07, 6.45) is 0.676. The third-order valence-corrected chi connectivity index (χ3v) is 5.30. The van der Waals surface area contributed by atoms with E-state index in [1.807, 2.05) is 13.8 Å². The van der Waals surface area contributed by atoms with Crippen LogP contribution in [-0.2, 0) is 16.1 Å². The van der Waals surface area contributed by atoms with E-state index in [9.17, 15) is 9.59 Å². The highest BCUT2D eigenvalue weighted by Crippen LogP contribution is 2.33. The molecule has 0 aliphatic heterocycles. The van der Waals surface area contributed by atoms with Crippen LogP contribution in [0.2, 0.25) is 10.0 Å². The number of aromatic nitrogens is 1. The molecule has 0 saturated carbocycles. The Balaban J connectivity index is 1.76. The van der Waals surface area contributed by atoms with Crippen LogP contribution in [0.1, 0.15) is 60.5 Å². The Morgan fingerprint density at radius 2 is 1.88 bits per heavy atom. The quantitative estimate of drug-likeness (QED) is 0.203. The molecular weight excluding hydrogens is 453 g/mol. The molecular formula is C24H23Cl2NO5. The Morgan fingerprint density at radius 3 is 2.50 bits per heavy atom. The van der Waals surface area contributed by atoms with Crippen LogP contribution in [0.15, 0.2) is 40.8 Å². The first kappa shape index (κ1) is 23.8. The molecule has 1 heterocycles. The number of rotatable bonds is 8. The van der Waals surface area contributed by atoms with Crippen molar-refractivity contribution < 1.29 is 23.8 Å². The second-order valence-corrected chi connectivity index (χ2v) is 8.51. The highest BCUT2D eigenvalue weighted by Gasteiger charge is 2.20. The number of Topliss-reactive ketones (excluding diaryl/α,β-unsaturated/α-hetero) is 1. The molecule has 2 aromatic carbocycles. The van der Waals surface area contributed by atoms with Crippen LogP contribution in [-0.4, -0.2) is 16.7 Å². The molecule has 0 aliphatic rings. The number of benzene rings is 2. The standard InChI is InChI=1S/C24H23Cl2NO5/c1-13(2)23-20(27-24(30-23)18-7-6-17(25)12-19(18)26)8-9-21(29)16-5-10-22(14(3)11-16)32-31-15(4)28/h5-7,10-13H,8-9H2,1-4H3. The first-order chi connectivity index (χ1) is 15.2. The van der Waals surface area contributed by atoms with Gasteiger partial charge in [0.15, 0.2) is 11.5 Å². The summed E-state index contributed by atoms with van der Waals surface area (Å²) < 4.78 is 5.99. The second kappa shape index (κ2) is 10.2. The van der Waals surface area contributed by atoms with Gasteiger partial charge >= 0.3 is 5.97 Å². The lowest BCUT2D eigenvalue weighted by Crippen LogP contribution is -2.06. The summed E-state index contributed by atoms with van der Waals surface area (Å²) >= 11 is 12.3. The van der Waals surface area contributed by atoms with E-state index in [1.165, 1.54) is 6.92 Å². The molecule has 6 nitrogen and oxygen atoms in total. The topological polar surface area (TPSA) is 78.6 Å². The first-order valence-corrected chi connectivity index (χ1v) is 10.8. The normalized spacial score (nSPS) is 11.0. The van der Waals surface area contributed by atoms with Gasteiger partial charge in [0.05, 0.1) is 16.3 Å². The minimum absolute atomic E-state index is 0.0454. The lowest BCUT2D eigenvalue weighted by atomic mass is 10.0. The van der Waals surface area contributed by atoms with Gasteiger partial charge in [-0.15, -0.1) is 0 Å². The number of hydrogen-bond acceptors (Lipinski definition) is 6. The zero-order valence-corrected chi connectivity index (χ0v) is 19.7. The fourth-order valence-corrected chi connectivity index (χ4v) is 3.66. The van der Waals surface area contributed by atoms with Gasteiger partial charge < -0.3 is 4.42 Å². The van der Waals surface area contributed by atoms with Crippen LogP contribution in [0.5, 0.6) is 5.75 Å². The smallest absolute Gasteiger partial charge is 0.352 e. The van der Waals surface area contributed by atoms with Crippen LogP contribution >= 0.6 is 23.2 Å². The van der Waals surface area contributed by atoms with Crippen molar-refractivity contribution in [3.8, 4) is 17.2 Å². The Hall–Kier alpha value is -2.83. The number of aryl methyl sites for hydroxylation is 2. The molecule has 1 aromatic heterocycles. The predicted molar refractivity (Wildman–Crippen MR) is 122 cm³/mol. The number of carbonyl (C=O) groups is 2. The van der Waals surface area contributed by atoms with E-state index in [2.05, 4.69) is 9.87 Å². The molecule has 0 unspecified atom stereocenters. The van der Waals surface area contributed by atoms with Crippen LogP contribution in [0.4, 0.5) is 0 Å². The average Bonchev–Trinajstić information content (AvgIpc) is 3.15. The number of hydrogen-bond donors (Lipinski definition) is 0. The van der Waals surface area contributed by atoms with Crippen molar-refractivity contribution in [2.24, 2.45) is 0 Å². The summed E-state index contributed by atoms with van der Waals surface area (Å²) in [4.78, 5) is 37.8. The molecule has 0 radical (unpaired) electrons. The molecule has 0 aliphatic carbocycles. The van der Waals surface area contributed by atoms with Crippen LogP contribution < -0.4 is 4.89 Å². The maximum absolute atomic E-state index is 12.8. The van der Waals surface area contributed by atoms with E-state index >= 15 is 0 Å². The van der Waals surface area contributed by atoms with Gasteiger partial charge in [0.25, 0.3) is 0 Å². The van der Waals surface area contributed by atoms with Crippen molar-refractivity contribution in [2.75, 3.05) is 0 Å². The van der Waals surface area contributed by atoms with E-state index in [0.29, 0.717) is 44.8 Å². The molecule has 0 bridgehead atoms. The van der Waals surface area contributed by atoms with Crippen molar-refractivity contribution in [3.05, 3.63) is 69.0 Å². The lowest BCUT2D eigenvalue weighted by Gasteiger charge is -2.08. The van der Waals surface area contributed by atoms with E-state index in [0.717, 1.165) is 11.5 Å². The van der Waals surface area contributed by atoms with Crippen molar-refractivity contribution >= 4 is 35.0 Å². The summed E-state index contributed by atoms with van der Waals surface area (Å²) in [6.45, 7) is 7.02. The molecule has 3 rings (SSSR count). The average molecular weight is 476 g/mol. The van der Waals surface area contributed by atoms with Crippen LogP contribution in [0.3, 0.4) is 0 Å². The van der Waals surface area contributed by atoms with E-state index in [4.69, 9.17) is 32.5 Å². The number of carbonyl (C=O) groups excluding carboxylic acids is 2. The number of halogens is 2. The Morgan fingerprint density at radius 1 is 1.12 bits per heavy atom. The monoisotopic (exact) mass is 475 g/mol. The minimum atomic E-state index is -0.558.